The number of hydrogen-bond donors (Lipinski definition) is 12. The molecule has 12 N–H and O–H groups in total. The molecule has 3 fully saturated rings. The standard InChI is InChI=1S/C56H105O23P/c1-4-6-8-10-12-13-14-15-16-17-18-23-27-31-41(59)72-35-38(74-42(60)32-28-24-20-19-22-26-30-37(3)29-25-21-11-9-7-5-2)36-73-80(70,71)79-54-52(77-55-50(68)45(63)43(61)39(33-57)75-55)48(66)47(65)49(67)53(54)78-56-51(69)46(64)44(62)40(34-58)76-56/h37-40,43-58,61-69H,4-36H2,1-3H3,(H,70,71)/t37?,38?,39-,40-,43-,44-,45+,46+,47?,48-,49+,50+,51+,52-,53-,54?,55-,56-/m1/s1. The molecule has 1 saturated carbocycles. The molecule has 2 saturated heterocycles. The van der Waals surface area contributed by atoms with E-state index in [2.05, 4.69) is 20.8 Å². The lowest BCUT2D eigenvalue weighted by Gasteiger charge is -2.49. The predicted octanol–water partition coefficient (Wildman–Crippen LogP) is 4.40. The predicted molar refractivity (Wildman–Crippen MR) is 291 cm³/mol. The van der Waals surface area contributed by atoms with E-state index in [1.54, 1.807) is 0 Å². The zero-order valence-electron chi connectivity index (χ0n) is 48.0. The first-order valence-electron chi connectivity index (χ1n) is 30.3. The summed E-state index contributed by atoms with van der Waals surface area (Å²) in [7, 11) is -5.63. The molecule has 5 unspecified atom stereocenters. The Labute approximate surface area is 474 Å². The van der Waals surface area contributed by atoms with Gasteiger partial charge in [-0.15, -0.1) is 0 Å². The summed E-state index contributed by atoms with van der Waals surface area (Å²) < 4.78 is 58.2. The minimum atomic E-state index is -5.63. The fourth-order valence-electron chi connectivity index (χ4n) is 10.4. The number of ether oxygens (including phenoxy) is 6. The molecular formula is C56H105O23P. The second kappa shape index (κ2) is 40.7. The first kappa shape index (κ1) is 72.7. The number of carbonyl (C=O) groups excluding carboxylic acids is 2. The van der Waals surface area contributed by atoms with Gasteiger partial charge >= 0.3 is 19.8 Å². The summed E-state index contributed by atoms with van der Waals surface area (Å²) in [6, 6.07) is 0. The molecule has 2 aliphatic heterocycles. The normalized spacial score (nSPS) is 31.6. The van der Waals surface area contributed by atoms with Gasteiger partial charge in [-0.1, -0.05) is 181 Å². The van der Waals surface area contributed by atoms with Crippen molar-refractivity contribution in [1.82, 2.24) is 0 Å². The monoisotopic (exact) mass is 1180 g/mol. The molecule has 24 heteroatoms. The van der Waals surface area contributed by atoms with Gasteiger partial charge in [-0.2, -0.15) is 0 Å². The number of hydrogen-bond acceptors (Lipinski definition) is 22. The van der Waals surface area contributed by atoms with Crippen LogP contribution in [0.25, 0.3) is 0 Å². The summed E-state index contributed by atoms with van der Waals surface area (Å²) >= 11 is 0. The molecule has 0 aromatic heterocycles. The van der Waals surface area contributed by atoms with E-state index in [1.165, 1.54) is 103 Å². The fraction of sp³-hybridized carbons (Fsp3) is 0.964. The first-order chi connectivity index (χ1) is 38.3. The Morgan fingerprint density at radius 2 is 0.825 bits per heavy atom. The molecule has 472 valence electrons. The van der Waals surface area contributed by atoms with E-state index in [1.807, 2.05) is 0 Å². The van der Waals surface area contributed by atoms with Gasteiger partial charge in [-0.25, -0.2) is 4.57 Å². The molecule has 3 rings (SSSR count). The average Bonchev–Trinajstić information content (AvgIpc) is 3.62. The van der Waals surface area contributed by atoms with Crippen LogP contribution in [0, 0.1) is 5.92 Å². The van der Waals surface area contributed by atoms with Crippen LogP contribution in [0.5, 0.6) is 0 Å². The summed E-state index contributed by atoms with van der Waals surface area (Å²) in [4.78, 5) is 37.6. The van der Waals surface area contributed by atoms with E-state index in [0.29, 0.717) is 18.8 Å². The molecule has 0 bridgehead atoms. The Bertz CT molecular complexity index is 1610. The van der Waals surface area contributed by atoms with E-state index in [4.69, 9.17) is 37.5 Å². The van der Waals surface area contributed by atoms with Crippen molar-refractivity contribution < 1.29 is 113 Å². The van der Waals surface area contributed by atoms with Crippen molar-refractivity contribution in [2.75, 3.05) is 26.4 Å². The lowest BCUT2D eigenvalue weighted by atomic mass is 9.84. The van der Waals surface area contributed by atoms with Gasteiger partial charge in [0, 0.05) is 12.8 Å². The van der Waals surface area contributed by atoms with Gasteiger partial charge in [0.25, 0.3) is 0 Å². The molecule has 0 radical (unpaired) electrons. The highest BCUT2D eigenvalue weighted by Gasteiger charge is 2.58. The second-order valence-corrected chi connectivity index (χ2v) is 23.9. The van der Waals surface area contributed by atoms with Gasteiger partial charge in [-0.05, 0) is 18.8 Å². The molecule has 23 nitrogen and oxygen atoms in total. The summed E-state index contributed by atoms with van der Waals surface area (Å²) in [6.45, 7) is 3.34. The number of aliphatic hydroxyl groups is 11. The van der Waals surface area contributed by atoms with Crippen LogP contribution < -0.4 is 0 Å². The van der Waals surface area contributed by atoms with Crippen molar-refractivity contribution >= 4 is 19.8 Å². The molecule has 1 aliphatic carbocycles. The number of unbranched alkanes of at least 4 members (excludes halogenated alkanes) is 22. The van der Waals surface area contributed by atoms with Gasteiger partial charge in [-0.3, -0.25) is 18.6 Å². The molecule has 80 heavy (non-hydrogen) atoms. The molecule has 0 spiro atoms. The zero-order valence-corrected chi connectivity index (χ0v) is 48.9. The quantitative estimate of drug-likeness (QED) is 0.0228. The molecule has 0 amide bonds. The number of aliphatic hydroxyl groups excluding tert-OH is 11. The van der Waals surface area contributed by atoms with Crippen molar-refractivity contribution in [2.24, 2.45) is 5.92 Å². The Morgan fingerprint density at radius 1 is 0.463 bits per heavy atom. The van der Waals surface area contributed by atoms with Crippen LogP contribution in [-0.4, -0.2) is 204 Å². The molecule has 3 aliphatic rings. The molecule has 19 atom stereocenters. The highest BCUT2D eigenvalue weighted by atomic mass is 31.2. The fourth-order valence-corrected chi connectivity index (χ4v) is 11.4. The lowest BCUT2D eigenvalue weighted by molar-refractivity contribution is -0.360. The maximum absolute atomic E-state index is 14.0. The highest BCUT2D eigenvalue weighted by molar-refractivity contribution is 7.47. The largest absolute Gasteiger partial charge is 0.472 e. The number of esters is 2. The van der Waals surface area contributed by atoms with Crippen LogP contribution in [0.2, 0.25) is 0 Å². The van der Waals surface area contributed by atoms with Crippen LogP contribution >= 0.6 is 7.82 Å². The lowest BCUT2D eigenvalue weighted by Crippen LogP contribution is -2.69. The SMILES string of the molecule is CCCCCCCCCCCCCCCC(=O)OCC(COP(=O)(O)OC1[C@H](O[C@H]2O[C@H](CO)[C@@H](O)[C@H](O)[C@@H]2O)[C@H](O)C(O)[C@H](O)[C@H]1O[C@H]1O[C@H](CO)[C@@H](O)[C@H](O)[C@@H]1O)OC(=O)CCCCCCCCC(C)CCCCCCCC. The Kier molecular flexibility index (Phi) is 37.0. The van der Waals surface area contributed by atoms with Gasteiger partial charge < -0.3 is 89.5 Å². The summed E-state index contributed by atoms with van der Waals surface area (Å²) in [5.74, 6) is -0.636. The van der Waals surface area contributed by atoms with Crippen molar-refractivity contribution in [3.05, 3.63) is 0 Å². The average molecular weight is 1180 g/mol. The Hall–Kier alpha value is -1.55. The van der Waals surface area contributed by atoms with Crippen LogP contribution in [0.1, 0.15) is 207 Å². The van der Waals surface area contributed by atoms with E-state index in [0.717, 1.165) is 57.8 Å². The van der Waals surface area contributed by atoms with E-state index in [9.17, 15) is 75.2 Å². The number of phosphoric ester groups is 1. The van der Waals surface area contributed by atoms with Gasteiger partial charge in [0.2, 0.25) is 0 Å². The zero-order chi connectivity index (χ0) is 59.0. The Balaban J connectivity index is 1.70. The van der Waals surface area contributed by atoms with E-state index < -0.39 is 150 Å². The number of phosphoric acid groups is 1. The molecule has 2 heterocycles. The molecule has 0 aromatic carbocycles. The third kappa shape index (κ3) is 26.4. The Morgan fingerprint density at radius 3 is 1.23 bits per heavy atom. The topological polar surface area (TPSA) is 368 Å². The van der Waals surface area contributed by atoms with Crippen molar-refractivity contribution in [3.8, 4) is 0 Å². The van der Waals surface area contributed by atoms with Gasteiger partial charge in [0.15, 0.2) is 18.7 Å². The van der Waals surface area contributed by atoms with Gasteiger partial charge in [0.1, 0.15) is 92.1 Å². The maximum atomic E-state index is 14.0. The number of rotatable bonds is 44. The first-order valence-corrected chi connectivity index (χ1v) is 31.8. The summed E-state index contributed by atoms with van der Waals surface area (Å²) in [5.41, 5.74) is 0. The summed E-state index contributed by atoms with van der Waals surface area (Å²) in [6.07, 6.45) is -4.84. The van der Waals surface area contributed by atoms with E-state index in [-0.39, 0.29) is 12.8 Å². The van der Waals surface area contributed by atoms with Crippen molar-refractivity contribution in [1.29, 1.82) is 0 Å². The maximum Gasteiger partial charge on any atom is 0.472 e. The van der Waals surface area contributed by atoms with E-state index >= 15 is 0 Å². The van der Waals surface area contributed by atoms with Crippen molar-refractivity contribution in [3.63, 3.8) is 0 Å². The van der Waals surface area contributed by atoms with Crippen molar-refractivity contribution in [2.45, 2.75) is 311 Å². The third-order valence-electron chi connectivity index (χ3n) is 15.6. The minimum Gasteiger partial charge on any atom is -0.462 e. The second-order valence-electron chi connectivity index (χ2n) is 22.5. The summed E-state index contributed by atoms with van der Waals surface area (Å²) in [5, 5.41) is 117. The third-order valence-corrected chi connectivity index (χ3v) is 16.6. The van der Waals surface area contributed by atoms with Gasteiger partial charge in [0.05, 0.1) is 19.8 Å². The van der Waals surface area contributed by atoms with Crippen LogP contribution in [0.4, 0.5) is 0 Å². The molecular weight excluding hydrogens is 1070 g/mol. The highest BCUT2D eigenvalue weighted by Crippen LogP contribution is 2.49. The number of carbonyl (C=O) groups is 2. The van der Waals surface area contributed by atoms with Crippen LogP contribution in [0.3, 0.4) is 0 Å². The van der Waals surface area contributed by atoms with Crippen LogP contribution in [-0.2, 0) is 51.6 Å². The smallest absolute Gasteiger partial charge is 0.462 e. The minimum absolute atomic E-state index is 0.0277. The molecule has 0 aromatic rings. The van der Waals surface area contributed by atoms with Crippen LogP contribution in [0.15, 0.2) is 0 Å².